The highest BCUT2D eigenvalue weighted by Gasteiger charge is 2.34. The Morgan fingerprint density at radius 3 is 2.91 bits per heavy atom. The average Bonchev–Trinajstić information content (AvgIpc) is 2.93. The Labute approximate surface area is 128 Å². The van der Waals surface area contributed by atoms with E-state index in [2.05, 4.69) is 28.9 Å². The van der Waals surface area contributed by atoms with E-state index in [0.29, 0.717) is 24.4 Å². The summed E-state index contributed by atoms with van der Waals surface area (Å²) >= 11 is 0. The van der Waals surface area contributed by atoms with Crippen LogP contribution in [0.4, 0.5) is 5.82 Å². The zero-order valence-electron chi connectivity index (χ0n) is 12.9. The summed E-state index contributed by atoms with van der Waals surface area (Å²) in [6, 6.07) is 5.72. The first kappa shape index (κ1) is 14.4. The smallest absolute Gasteiger partial charge is 0.343 e. The van der Waals surface area contributed by atoms with Gasteiger partial charge in [0.15, 0.2) is 5.82 Å². The maximum absolute atomic E-state index is 12.1. The minimum absolute atomic E-state index is 0.283. The zero-order chi connectivity index (χ0) is 15.7. The lowest BCUT2D eigenvalue weighted by Crippen LogP contribution is -2.34. The second kappa shape index (κ2) is 5.36. The van der Waals surface area contributed by atoms with E-state index in [1.807, 2.05) is 18.2 Å². The van der Waals surface area contributed by atoms with Gasteiger partial charge in [-0.25, -0.2) is 14.5 Å². The Bertz CT molecular complexity index is 732. The standard InChI is InChI=1S/C16H18N4O2/c1-4-22-15(21)11-10-18-20-14(11)19-13(9-16(20,2)3)12-7-5-6-8-17-12/h5-8,10H,4,9H2,1-3H3. The van der Waals surface area contributed by atoms with Gasteiger partial charge in [-0.15, -0.1) is 0 Å². The van der Waals surface area contributed by atoms with Crippen molar-refractivity contribution in [2.45, 2.75) is 32.7 Å². The predicted octanol–water partition coefficient (Wildman–Crippen LogP) is 2.71. The highest BCUT2D eigenvalue weighted by atomic mass is 16.5. The summed E-state index contributed by atoms with van der Waals surface area (Å²) in [7, 11) is 0. The summed E-state index contributed by atoms with van der Waals surface area (Å²) < 4.78 is 6.87. The lowest BCUT2D eigenvalue weighted by molar-refractivity contribution is 0.0527. The van der Waals surface area contributed by atoms with Gasteiger partial charge in [-0.1, -0.05) is 6.07 Å². The molecular formula is C16H18N4O2. The van der Waals surface area contributed by atoms with E-state index in [1.165, 1.54) is 6.20 Å². The molecule has 0 saturated heterocycles. The quantitative estimate of drug-likeness (QED) is 0.817. The van der Waals surface area contributed by atoms with Crippen LogP contribution < -0.4 is 0 Å². The summed E-state index contributed by atoms with van der Waals surface area (Å²) in [4.78, 5) is 21.1. The first-order valence-corrected chi connectivity index (χ1v) is 7.27. The minimum Gasteiger partial charge on any atom is -0.462 e. The molecule has 0 aromatic carbocycles. The molecule has 0 aliphatic carbocycles. The van der Waals surface area contributed by atoms with E-state index in [4.69, 9.17) is 4.74 Å². The third kappa shape index (κ3) is 2.41. The SMILES string of the molecule is CCOC(=O)c1cnn2c1N=C(c1ccccn1)CC2(C)C. The molecule has 0 radical (unpaired) electrons. The lowest BCUT2D eigenvalue weighted by atomic mass is 9.94. The third-order valence-corrected chi connectivity index (χ3v) is 3.61. The molecule has 1 aliphatic heterocycles. The van der Waals surface area contributed by atoms with Gasteiger partial charge < -0.3 is 4.74 Å². The summed E-state index contributed by atoms with van der Waals surface area (Å²) in [5, 5.41) is 4.33. The number of carbonyl (C=O) groups excluding carboxylic acids is 1. The topological polar surface area (TPSA) is 69.4 Å². The van der Waals surface area contributed by atoms with Gasteiger partial charge in [0, 0.05) is 12.6 Å². The molecule has 0 bridgehead atoms. The van der Waals surface area contributed by atoms with Crippen molar-refractivity contribution in [1.82, 2.24) is 14.8 Å². The molecule has 114 valence electrons. The number of aromatic nitrogens is 3. The molecule has 0 atom stereocenters. The molecule has 6 nitrogen and oxygen atoms in total. The van der Waals surface area contributed by atoms with E-state index in [9.17, 15) is 4.79 Å². The number of nitrogens with zero attached hydrogens (tertiary/aromatic N) is 4. The summed E-state index contributed by atoms with van der Waals surface area (Å²) in [6.45, 7) is 6.23. The van der Waals surface area contributed by atoms with Crippen molar-refractivity contribution in [3.8, 4) is 0 Å². The Hall–Kier alpha value is -2.50. The summed E-state index contributed by atoms with van der Waals surface area (Å²) in [5.74, 6) is 0.140. The first-order chi connectivity index (χ1) is 10.5. The number of pyridine rings is 1. The van der Waals surface area contributed by atoms with Gasteiger partial charge in [0.1, 0.15) is 5.56 Å². The summed E-state index contributed by atoms with van der Waals surface area (Å²) in [6.07, 6.45) is 3.96. The number of esters is 1. The van der Waals surface area contributed by atoms with E-state index in [0.717, 1.165) is 11.4 Å². The van der Waals surface area contributed by atoms with Crippen molar-refractivity contribution in [2.75, 3.05) is 6.61 Å². The summed E-state index contributed by atoms with van der Waals surface area (Å²) in [5.41, 5.74) is 1.78. The predicted molar refractivity (Wildman–Crippen MR) is 82.6 cm³/mol. The molecule has 0 N–H and O–H groups in total. The highest BCUT2D eigenvalue weighted by molar-refractivity contribution is 6.03. The number of fused-ring (bicyclic) bond motifs is 1. The molecule has 1 aliphatic rings. The van der Waals surface area contributed by atoms with Crippen molar-refractivity contribution >= 4 is 17.5 Å². The van der Waals surface area contributed by atoms with Crippen LogP contribution in [0.1, 0.15) is 43.2 Å². The molecule has 3 rings (SSSR count). The van der Waals surface area contributed by atoms with Crippen LogP contribution in [0.3, 0.4) is 0 Å². The number of rotatable bonds is 3. The third-order valence-electron chi connectivity index (χ3n) is 3.61. The van der Waals surface area contributed by atoms with Crippen molar-refractivity contribution in [3.05, 3.63) is 41.9 Å². The second-order valence-electron chi connectivity index (χ2n) is 5.78. The van der Waals surface area contributed by atoms with Crippen molar-refractivity contribution in [3.63, 3.8) is 0 Å². The van der Waals surface area contributed by atoms with Crippen LogP contribution in [-0.4, -0.2) is 33.1 Å². The van der Waals surface area contributed by atoms with Crippen molar-refractivity contribution in [2.24, 2.45) is 4.99 Å². The largest absolute Gasteiger partial charge is 0.462 e. The highest BCUT2D eigenvalue weighted by Crippen LogP contribution is 2.35. The molecule has 0 spiro atoms. The molecule has 0 amide bonds. The monoisotopic (exact) mass is 298 g/mol. The van der Waals surface area contributed by atoms with Crippen LogP contribution in [0.15, 0.2) is 35.6 Å². The van der Waals surface area contributed by atoms with Gasteiger partial charge >= 0.3 is 5.97 Å². The molecule has 2 aromatic rings. The van der Waals surface area contributed by atoms with Gasteiger partial charge in [0.2, 0.25) is 0 Å². The molecular weight excluding hydrogens is 280 g/mol. The molecule has 6 heteroatoms. The number of aliphatic imine (C=N–C) groups is 1. The van der Waals surface area contributed by atoms with Crippen LogP contribution in [0.2, 0.25) is 0 Å². The molecule has 2 aromatic heterocycles. The van der Waals surface area contributed by atoms with Crippen LogP contribution in [0.25, 0.3) is 0 Å². The Kier molecular flexibility index (Phi) is 3.52. The minimum atomic E-state index is -0.398. The van der Waals surface area contributed by atoms with E-state index >= 15 is 0 Å². The Morgan fingerprint density at radius 1 is 1.41 bits per heavy atom. The van der Waals surface area contributed by atoms with Gasteiger partial charge in [0.25, 0.3) is 0 Å². The number of hydrogen-bond donors (Lipinski definition) is 0. The normalized spacial score (nSPS) is 15.9. The van der Waals surface area contributed by atoms with Crippen LogP contribution in [0.5, 0.6) is 0 Å². The number of carbonyl (C=O) groups is 1. The van der Waals surface area contributed by atoms with Gasteiger partial charge in [-0.2, -0.15) is 5.10 Å². The fourth-order valence-electron chi connectivity index (χ4n) is 2.58. The first-order valence-electron chi connectivity index (χ1n) is 7.27. The van der Waals surface area contributed by atoms with Crippen molar-refractivity contribution < 1.29 is 9.53 Å². The number of ether oxygens (including phenoxy) is 1. The molecule has 22 heavy (non-hydrogen) atoms. The molecule has 0 unspecified atom stereocenters. The van der Waals surface area contributed by atoms with Gasteiger partial charge in [-0.3, -0.25) is 4.98 Å². The number of hydrogen-bond acceptors (Lipinski definition) is 5. The van der Waals surface area contributed by atoms with Crippen LogP contribution in [-0.2, 0) is 10.3 Å². The molecule has 3 heterocycles. The van der Waals surface area contributed by atoms with E-state index in [-0.39, 0.29) is 5.54 Å². The van der Waals surface area contributed by atoms with Crippen LogP contribution in [0, 0.1) is 0 Å². The average molecular weight is 298 g/mol. The maximum atomic E-state index is 12.1. The van der Waals surface area contributed by atoms with E-state index < -0.39 is 5.97 Å². The van der Waals surface area contributed by atoms with Crippen LogP contribution >= 0.6 is 0 Å². The molecule has 0 fully saturated rings. The second-order valence-corrected chi connectivity index (χ2v) is 5.78. The fraction of sp³-hybridized carbons (Fsp3) is 0.375. The van der Waals surface area contributed by atoms with Gasteiger partial charge in [0.05, 0.1) is 29.7 Å². The Balaban J connectivity index is 2.11. The lowest BCUT2D eigenvalue weighted by Gasteiger charge is -2.30. The Morgan fingerprint density at radius 2 is 2.23 bits per heavy atom. The van der Waals surface area contributed by atoms with E-state index in [1.54, 1.807) is 17.8 Å². The fourth-order valence-corrected chi connectivity index (χ4v) is 2.58. The molecule has 0 saturated carbocycles. The van der Waals surface area contributed by atoms with Gasteiger partial charge in [-0.05, 0) is 32.9 Å². The zero-order valence-corrected chi connectivity index (χ0v) is 12.9. The van der Waals surface area contributed by atoms with Crippen molar-refractivity contribution in [1.29, 1.82) is 0 Å². The maximum Gasteiger partial charge on any atom is 0.343 e.